The second-order valence-electron chi connectivity index (χ2n) is 5.34. The van der Waals surface area contributed by atoms with Crippen LogP contribution in [0.1, 0.15) is 26.2 Å². The van der Waals surface area contributed by atoms with Crippen molar-refractivity contribution in [1.82, 2.24) is 19.4 Å². The summed E-state index contributed by atoms with van der Waals surface area (Å²) in [6, 6.07) is 0.651. The first-order valence-corrected chi connectivity index (χ1v) is 9.01. The minimum atomic E-state index is -3.46. The van der Waals surface area contributed by atoms with Gasteiger partial charge in [0.1, 0.15) is 4.90 Å². The summed E-state index contributed by atoms with van der Waals surface area (Å²) in [5.41, 5.74) is 5.43. The van der Waals surface area contributed by atoms with E-state index in [0.717, 1.165) is 19.5 Å². The highest BCUT2D eigenvalue weighted by atomic mass is 32.2. The summed E-state index contributed by atoms with van der Waals surface area (Å²) in [5.74, 6) is 0. The number of nitrogens with zero attached hydrogens (tertiary/aromatic N) is 3. The molecule has 0 aliphatic heterocycles. The van der Waals surface area contributed by atoms with Crippen LogP contribution in [0.2, 0.25) is 0 Å². The number of hydrogen-bond donors (Lipinski definition) is 2. The van der Waals surface area contributed by atoms with Crippen molar-refractivity contribution in [2.24, 2.45) is 5.73 Å². The van der Waals surface area contributed by atoms with Crippen molar-refractivity contribution in [1.29, 1.82) is 0 Å². The molecule has 0 atom stereocenters. The molecule has 0 aromatic carbocycles. The van der Waals surface area contributed by atoms with Gasteiger partial charge in [-0.3, -0.25) is 9.58 Å². The molecular weight excluding hydrogens is 290 g/mol. The van der Waals surface area contributed by atoms with E-state index in [-0.39, 0.29) is 4.90 Å². The number of likely N-dealkylation sites (N-methyl/N-ethyl adjacent to an activating group) is 1. The van der Waals surface area contributed by atoms with Gasteiger partial charge in [0.05, 0.1) is 6.20 Å². The van der Waals surface area contributed by atoms with Crippen molar-refractivity contribution in [3.63, 3.8) is 0 Å². The zero-order valence-electron chi connectivity index (χ0n) is 12.5. The van der Waals surface area contributed by atoms with Gasteiger partial charge in [-0.25, -0.2) is 13.1 Å². The predicted octanol–water partition coefficient (Wildman–Crippen LogP) is -0.00550. The third-order valence-corrected chi connectivity index (χ3v) is 5.09. The second-order valence-corrected chi connectivity index (χ2v) is 7.11. The Labute approximate surface area is 126 Å². The zero-order chi connectivity index (χ0) is 15.3. The fourth-order valence-corrected chi connectivity index (χ4v) is 3.28. The van der Waals surface area contributed by atoms with E-state index in [4.69, 9.17) is 5.73 Å². The summed E-state index contributed by atoms with van der Waals surface area (Å²) in [4.78, 5) is 2.53. The average Bonchev–Trinajstić information content (AvgIpc) is 3.18. The maximum absolute atomic E-state index is 12.2. The molecule has 0 unspecified atom stereocenters. The number of nitrogens with two attached hydrogens (primary N) is 1. The number of rotatable bonds is 10. The highest BCUT2D eigenvalue weighted by Gasteiger charge is 2.27. The lowest BCUT2D eigenvalue weighted by molar-refractivity contribution is 0.282. The highest BCUT2D eigenvalue weighted by molar-refractivity contribution is 7.89. The molecule has 0 spiro atoms. The number of nitrogens with one attached hydrogen (secondary N) is 1. The molecule has 0 amide bonds. The van der Waals surface area contributed by atoms with Crippen LogP contribution in [0.5, 0.6) is 0 Å². The van der Waals surface area contributed by atoms with Gasteiger partial charge in [0.2, 0.25) is 10.0 Å². The van der Waals surface area contributed by atoms with E-state index >= 15 is 0 Å². The summed E-state index contributed by atoms with van der Waals surface area (Å²) >= 11 is 0. The maximum atomic E-state index is 12.2. The van der Waals surface area contributed by atoms with Crippen LogP contribution in [0.4, 0.5) is 0 Å². The molecule has 120 valence electrons. The largest absolute Gasteiger partial charge is 0.330 e. The van der Waals surface area contributed by atoms with Gasteiger partial charge in [-0.2, -0.15) is 5.10 Å². The monoisotopic (exact) mass is 315 g/mol. The fourth-order valence-electron chi connectivity index (χ4n) is 2.30. The average molecular weight is 315 g/mol. The standard InChI is InChI=1S/C13H25N5O2S/c1-2-17(12-4-5-12)9-7-16-21(19,20)13-10-15-18(11-13)8-3-6-14/h10-12,16H,2-9,14H2,1H3. The van der Waals surface area contributed by atoms with Crippen LogP contribution in [-0.2, 0) is 16.6 Å². The molecule has 1 aliphatic carbocycles. The van der Waals surface area contributed by atoms with Gasteiger partial charge in [-0.1, -0.05) is 6.92 Å². The Morgan fingerprint density at radius 2 is 2.29 bits per heavy atom. The molecule has 7 nitrogen and oxygen atoms in total. The fraction of sp³-hybridized carbons (Fsp3) is 0.769. The SMILES string of the molecule is CCN(CCNS(=O)(=O)c1cnn(CCCN)c1)C1CC1. The Bertz CT molecular complexity index is 539. The maximum Gasteiger partial charge on any atom is 0.243 e. The lowest BCUT2D eigenvalue weighted by Crippen LogP contribution is -2.36. The molecule has 1 heterocycles. The Hall–Kier alpha value is -0.960. The van der Waals surface area contributed by atoms with Crippen molar-refractivity contribution in [3.05, 3.63) is 12.4 Å². The number of aromatic nitrogens is 2. The van der Waals surface area contributed by atoms with Crippen LogP contribution < -0.4 is 10.5 Å². The summed E-state index contributed by atoms with van der Waals surface area (Å²) in [7, 11) is -3.46. The second kappa shape index (κ2) is 7.35. The van der Waals surface area contributed by atoms with Crippen molar-refractivity contribution in [2.45, 2.75) is 43.7 Å². The van der Waals surface area contributed by atoms with Gasteiger partial charge in [0.15, 0.2) is 0 Å². The molecule has 21 heavy (non-hydrogen) atoms. The quantitative estimate of drug-likeness (QED) is 0.634. The highest BCUT2D eigenvalue weighted by Crippen LogP contribution is 2.25. The lowest BCUT2D eigenvalue weighted by atomic mass is 10.4. The van der Waals surface area contributed by atoms with Crippen molar-refractivity contribution in [3.8, 4) is 0 Å². The van der Waals surface area contributed by atoms with E-state index in [1.165, 1.54) is 19.0 Å². The molecule has 2 rings (SSSR count). The van der Waals surface area contributed by atoms with Crippen LogP contribution in [-0.4, -0.2) is 55.3 Å². The number of aryl methyl sites for hydroxylation is 1. The molecule has 1 aliphatic rings. The molecule has 8 heteroatoms. The van der Waals surface area contributed by atoms with Gasteiger partial charge in [0, 0.05) is 31.9 Å². The van der Waals surface area contributed by atoms with Crippen molar-refractivity contribution >= 4 is 10.0 Å². The summed E-state index contributed by atoms with van der Waals surface area (Å²) < 4.78 is 28.6. The predicted molar refractivity (Wildman–Crippen MR) is 81.4 cm³/mol. The molecule has 1 aromatic heterocycles. The Morgan fingerprint density at radius 1 is 1.52 bits per heavy atom. The van der Waals surface area contributed by atoms with Gasteiger partial charge >= 0.3 is 0 Å². The first kappa shape index (κ1) is 16.4. The van der Waals surface area contributed by atoms with E-state index in [0.29, 0.717) is 25.7 Å². The molecule has 1 saturated carbocycles. The molecule has 0 saturated heterocycles. The molecule has 1 fully saturated rings. The molecular formula is C13H25N5O2S. The van der Waals surface area contributed by atoms with Crippen molar-refractivity contribution in [2.75, 3.05) is 26.2 Å². The van der Waals surface area contributed by atoms with Crippen LogP contribution in [0.3, 0.4) is 0 Å². The smallest absolute Gasteiger partial charge is 0.243 e. The minimum Gasteiger partial charge on any atom is -0.330 e. The van der Waals surface area contributed by atoms with Crippen LogP contribution in [0, 0.1) is 0 Å². The third-order valence-electron chi connectivity index (χ3n) is 3.67. The van der Waals surface area contributed by atoms with E-state index in [1.807, 2.05) is 0 Å². The van der Waals surface area contributed by atoms with Gasteiger partial charge < -0.3 is 5.73 Å². The summed E-state index contributed by atoms with van der Waals surface area (Å²) in [5, 5.41) is 4.05. The van der Waals surface area contributed by atoms with Gasteiger partial charge in [-0.05, 0) is 32.4 Å². The number of hydrogen-bond acceptors (Lipinski definition) is 5. The summed E-state index contributed by atoms with van der Waals surface area (Å²) in [6.45, 7) is 5.45. The lowest BCUT2D eigenvalue weighted by Gasteiger charge is -2.19. The molecule has 3 N–H and O–H groups in total. The Balaban J connectivity index is 1.84. The molecule has 0 radical (unpaired) electrons. The number of sulfonamides is 1. The normalized spacial score (nSPS) is 15.8. The molecule has 1 aromatic rings. The molecule has 0 bridgehead atoms. The van der Waals surface area contributed by atoms with E-state index in [2.05, 4.69) is 21.6 Å². The third kappa shape index (κ3) is 4.77. The van der Waals surface area contributed by atoms with Crippen LogP contribution >= 0.6 is 0 Å². The van der Waals surface area contributed by atoms with Crippen LogP contribution in [0.25, 0.3) is 0 Å². The van der Waals surface area contributed by atoms with E-state index < -0.39 is 10.0 Å². The van der Waals surface area contributed by atoms with Crippen LogP contribution in [0.15, 0.2) is 17.3 Å². The van der Waals surface area contributed by atoms with Gasteiger partial charge in [0.25, 0.3) is 0 Å². The Kier molecular flexibility index (Phi) is 5.74. The zero-order valence-corrected chi connectivity index (χ0v) is 13.3. The minimum absolute atomic E-state index is 0.217. The Morgan fingerprint density at radius 3 is 2.90 bits per heavy atom. The first-order valence-electron chi connectivity index (χ1n) is 7.53. The summed E-state index contributed by atoms with van der Waals surface area (Å²) in [6.07, 6.45) is 6.18. The van der Waals surface area contributed by atoms with Crippen molar-refractivity contribution < 1.29 is 8.42 Å². The topological polar surface area (TPSA) is 93.2 Å². The van der Waals surface area contributed by atoms with E-state index in [9.17, 15) is 8.42 Å². The van der Waals surface area contributed by atoms with E-state index in [1.54, 1.807) is 10.9 Å². The first-order chi connectivity index (χ1) is 10.1. The van der Waals surface area contributed by atoms with Gasteiger partial charge in [-0.15, -0.1) is 0 Å².